The van der Waals surface area contributed by atoms with E-state index in [1.165, 1.54) is 0 Å². The Hall–Kier alpha value is -1.68. The van der Waals surface area contributed by atoms with E-state index in [0.717, 1.165) is 24.1 Å². The van der Waals surface area contributed by atoms with E-state index in [2.05, 4.69) is 10.1 Å². The third-order valence-corrected chi connectivity index (χ3v) is 2.24. The minimum absolute atomic E-state index is 0.699. The van der Waals surface area contributed by atoms with Crippen LogP contribution < -0.4 is 5.73 Å². The van der Waals surface area contributed by atoms with Crippen molar-refractivity contribution in [1.29, 1.82) is 0 Å². The average Bonchev–Trinajstić information content (AvgIpc) is 2.76. The van der Waals surface area contributed by atoms with Gasteiger partial charge in [-0.1, -0.05) is 0 Å². The van der Waals surface area contributed by atoms with Crippen LogP contribution in [-0.4, -0.2) is 21.3 Å². The second kappa shape index (κ2) is 4.70. The molecule has 2 aromatic rings. The smallest absolute Gasteiger partial charge is 0.0568 e. The summed E-state index contributed by atoms with van der Waals surface area (Å²) in [5, 5.41) is 4.27. The third kappa shape index (κ3) is 2.41. The van der Waals surface area contributed by atoms with Gasteiger partial charge in [0.25, 0.3) is 0 Å². The molecule has 0 aromatic carbocycles. The van der Waals surface area contributed by atoms with Crippen molar-refractivity contribution in [1.82, 2.24) is 14.8 Å². The number of pyridine rings is 1. The Kier molecular flexibility index (Phi) is 3.09. The summed E-state index contributed by atoms with van der Waals surface area (Å²) in [6.45, 7) is 1.58. The molecule has 0 amide bonds. The molecular formula is C11H14N4. The summed E-state index contributed by atoms with van der Waals surface area (Å²) >= 11 is 0. The van der Waals surface area contributed by atoms with Crippen LogP contribution in [0.5, 0.6) is 0 Å². The van der Waals surface area contributed by atoms with Crippen LogP contribution in [0.15, 0.2) is 36.9 Å². The summed E-state index contributed by atoms with van der Waals surface area (Å²) < 4.78 is 1.92. The van der Waals surface area contributed by atoms with Crippen LogP contribution in [0.4, 0.5) is 0 Å². The minimum atomic E-state index is 0.699. The number of hydrogen-bond acceptors (Lipinski definition) is 3. The van der Waals surface area contributed by atoms with Crippen molar-refractivity contribution in [3.63, 3.8) is 0 Å². The van der Waals surface area contributed by atoms with E-state index in [-0.39, 0.29) is 0 Å². The van der Waals surface area contributed by atoms with E-state index < -0.39 is 0 Å². The normalized spacial score (nSPS) is 10.5. The van der Waals surface area contributed by atoms with Gasteiger partial charge in [-0.05, 0) is 30.7 Å². The number of nitrogens with two attached hydrogens (primary N) is 1. The molecule has 0 aliphatic carbocycles. The maximum Gasteiger partial charge on any atom is 0.0568 e. The van der Waals surface area contributed by atoms with Crippen molar-refractivity contribution in [3.05, 3.63) is 36.9 Å². The van der Waals surface area contributed by atoms with E-state index in [1.54, 1.807) is 12.4 Å². The zero-order chi connectivity index (χ0) is 10.5. The Morgan fingerprint density at radius 3 is 2.73 bits per heavy atom. The molecule has 4 heteroatoms. The maximum absolute atomic E-state index is 5.44. The lowest BCUT2D eigenvalue weighted by Gasteiger charge is -1.97. The molecule has 15 heavy (non-hydrogen) atoms. The maximum atomic E-state index is 5.44. The first kappa shape index (κ1) is 9.86. The minimum Gasteiger partial charge on any atom is -0.330 e. The van der Waals surface area contributed by atoms with Crippen LogP contribution in [-0.2, 0) is 6.54 Å². The SMILES string of the molecule is NCCCn1cc(-c2ccncc2)cn1. The van der Waals surface area contributed by atoms with Gasteiger partial charge in [0.1, 0.15) is 0 Å². The molecule has 0 aliphatic rings. The van der Waals surface area contributed by atoms with E-state index >= 15 is 0 Å². The van der Waals surface area contributed by atoms with Crippen molar-refractivity contribution in [2.24, 2.45) is 5.73 Å². The van der Waals surface area contributed by atoms with Gasteiger partial charge in [0, 0.05) is 30.7 Å². The molecule has 0 radical (unpaired) electrons. The molecule has 0 saturated carbocycles. The van der Waals surface area contributed by atoms with Crippen LogP contribution in [0.3, 0.4) is 0 Å². The molecule has 2 rings (SSSR count). The number of hydrogen-bond donors (Lipinski definition) is 1. The summed E-state index contributed by atoms with van der Waals surface area (Å²) in [6.07, 6.45) is 8.42. The molecule has 0 aliphatic heterocycles. The zero-order valence-corrected chi connectivity index (χ0v) is 8.50. The Labute approximate surface area is 88.8 Å². The first-order valence-electron chi connectivity index (χ1n) is 5.03. The highest BCUT2D eigenvalue weighted by molar-refractivity contribution is 5.60. The Balaban J connectivity index is 2.14. The van der Waals surface area contributed by atoms with Gasteiger partial charge in [-0.15, -0.1) is 0 Å². The molecule has 2 aromatic heterocycles. The average molecular weight is 202 g/mol. The fourth-order valence-corrected chi connectivity index (χ4v) is 1.43. The molecular weight excluding hydrogens is 188 g/mol. The zero-order valence-electron chi connectivity index (χ0n) is 8.50. The Bertz CT molecular complexity index is 408. The van der Waals surface area contributed by atoms with Crippen molar-refractivity contribution in [2.45, 2.75) is 13.0 Å². The molecule has 0 fully saturated rings. The molecule has 4 nitrogen and oxygen atoms in total. The predicted octanol–water partition coefficient (Wildman–Crippen LogP) is 1.29. The summed E-state index contributed by atoms with van der Waals surface area (Å²) in [7, 11) is 0. The van der Waals surface area contributed by atoms with Crippen molar-refractivity contribution >= 4 is 0 Å². The molecule has 0 atom stereocenters. The molecule has 2 heterocycles. The van der Waals surface area contributed by atoms with Gasteiger partial charge in [0.2, 0.25) is 0 Å². The number of aromatic nitrogens is 3. The first-order chi connectivity index (χ1) is 7.40. The van der Waals surface area contributed by atoms with Crippen LogP contribution in [0.1, 0.15) is 6.42 Å². The molecule has 0 spiro atoms. The van der Waals surface area contributed by atoms with Crippen LogP contribution >= 0.6 is 0 Å². The van der Waals surface area contributed by atoms with E-state index in [1.807, 2.05) is 29.2 Å². The van der Waals surface area contributed by atoms with Gasteiger partial charge < -0.3 is 5.73 Å². The van der Waals surface area contributed by atoms with Gasteiger partial charge in [-0.2, -0.15) is 5.10 Å². The van der Waals surface area contributed by atoms with E-state index in [9.17, 15) is 0 Å². The topological polar surface area (TPSA) is 56.7 Å². The Morgan fingerprint density at radius 2 is 2.00 bits per heavy atom. The van der Waals surface area contributed by atoms with Gasteiger partial charge >= 0.3 is 0 Å². The van der Waals surface area contributed by atoms with Gasteiger partial charge in [-0.25, -0.2) is 0 Å². The summed E-state index contributed by atoms with van der Waals surface area (Å²) in [5.74, 6) is 0. The van der Waals surface area contributed by atoms with Crippen LogP contribution in [0.2, 0.25) is 0 Å². The first-order valence-corrected chi connectivity index (χ1v) is 5.03. The van der Waals surface area contributed by atoms with E-state index in [0.29, 0.717) is 6.54 Å². The lowest BCUT2D eigenvalue weighted by molar-refractivity contribution is 0.585. The second-order valence-corrected chi connectivity index (χ2v) is 3.37. The highest BCUT2D eigenvalue weighted by Crippen LogP contribution is 2.16. The highest BCUT2D eigenvalue weighted by atomic mass is 15.3. The number of rotatable bonds is 4. The van der Waals surface area contributed by atoms with Gasteiger partial charge in [-0.3, -0.25) is 9.67 Å². The Morgan fingerprint density at radius 1 is 1.20 bits per heavy atom. The standard InChI is InChI=1S/C11H14N4/c12-4-1-7-15-9-11(8-14-15)10-2-5-13-6-3-10/h2-3,5-6,8-9H,1,4,7,12H2. The number of nitrogens with zero attached hydrogens (tertiary/aromatic N) is 3. The van der Waals surface area contributed by atoms with Crippen LogP contribution in [0.25, 0.3) is 11.1 Å². The monoisotopic (exact) mass is 202 g/mol. The largest absolute Gasteiger partial charge is 0.330 e. The van der Waals surface area contributed by atoms with Crippen molar-refractivity contribution < 1.29 is 0 Å². The third-order valence-electron chi connectivity index (χ3n) is 2.24. The summed E-state index contributed by atoms with van der Waals surface area (Å²) in [4.78, 5) is 3.98. The molecule has 0 saturated heterocycles. The van der Waals surface area contributed by atoms with Crippen molar-refractivity contribution in [2.75, 3.05) is 6.54 Å². The summed E-state index contributed by atoms with van der Waals surface area (Å²) in [5.41, 5.74) is 7.71. The fraction of sp³-hybridized carbons (Fsp3) is 0.273. The number of aryl methyl sites for hydroxylation is 1. The van der Waals surface area contributed by atoms with E-state index in [4.69, 9.17) is 5.73 Å². The molecule has 0 unspecified atom stereocenters. The second-order valence-electron chi connectivity index (χ2n) is 3.37. The van der Waals surface area contributed by atoms with Crippen LogP contribution in [0, 0.1) is 0 Å². The lowest BCUT2D eigenvalue weighted by atomic mass is 10.1. The molecule has 78 valence electrons. The fourth-order valence-electron chi connectivity index (χ4n) is 1.43. The predicted molar refractivity (Wildman–Crippen MR) is 59.1 cm³/mol. The molecule has 0 bridgehead atoms. The van der Waals surface area contributed by atoms with Crippen molar-refractivity contribution in [3.8, 4) is 11.1 Å². The quantitative estimate of drug-likeness (QED) is 0.812. The van der Waals surface area contributed by atoms with Gasteiger partial charge in [0.15, 0.2) is 0 Å². The van der Waals surface area contributed by atoms with Gasteiger partial charge in [0.05, 0.1) is 6.20 Å². The molecule has 2 N–H and O–H groups in total. The highest BCUT2D eigenvalue weighted by Gasteiger charge is 2.00. The lowest BCUT2D eigenvalue weighted by Crippen LogP contribution is -2.05. The summed E-state index contributed by atoms with van der Waals surface area (Å²) in [6, 6.07) is 3.95.